The summed E-state index contributed by atoms with van der Waals surface area (Å²) in [6, 6.07) is 3.69. The third-order valence-electron chi connectivity index (χ3n) is 4.99. The number of pyridine rings is 1. The van der Waals surface area contributed by atoms with Gasteiger partial charge in [0.15, 0.2) is 0 Å². The normalized spacial score (nSPS) is 18.6. The van der Waals surface area contributed by atoms with Crippen molar-refractivity contribution < 1.29 is 9.18 Å². The van der Waals surface area contributed by atoms with Crippen molar-refractivity contribution in [2.24, 2.45) is 0 Å². The number of halogens is 1. The van der Waals surface area contributed by atoms with Crippen LogP contribution >= 0.6 is 11.3 Å². The highest BCUT2D eigenvalue weighted by Crippen LogP contribution is 2.35. The quantitative estimate of drug-likeness (QED) is 0.868. The zero-order chi connectivity index (χ0) is 17.9. The second-order valence-electron chi connectivity index (χ2n) is 7.01. The fourth-order valence-electron chi connectivity index (χ4n) is 3.52. The number of amides is 1. The van der Waals surface area contributed by atoms with Crippen LogP contribution in [0.2, 0.25) is 0 Å². The van der Waals surface area contributed by atoms with Crippen LogP contribution in [0, 0.1) is 0 Å². The Balaban J connectivity index is 1.34. The number of rotatable bonds is 5. The molecule has 4 rings (SSSR count). The monoisotopic (exact) mass is 375 g/mol. The topological polar surface area (TPSA) is 71.0 Å². The van der Waals surface area contributed by atoms with Gasteiger partial charge in [0, 0.05) is 17.8 Å². The predicted molar refractivity (Wildman–Crippen MR) is 99.4 cm³/mol. The van der Waals surface area contributed by atoms with Gasteiger partial charge < -0.3 is 10.2 Å². The van der Waals surface area contributed by atoms with Crippen molar-refractivity contribution in [2.45, 2.75) is 50.6 Å². The summed E-state index contributed by atoms with van der Waals surface area (Å²) in [5.74, 6) is 0.328. The van der Waals surface area contributed by atoms with Gasteiger partial charge in [0.1, 0.15) is 11.2 Å². The molecule has 1 saturated carbocycles. The van der Waals surface area contributed by atoms with Gasteiger partial charge in [-0.3, -0.25) is 9.78 Å². The summed E-state index contributed by atoms with van der Waals surface area (Å²) in [6.45, 7) is 0.814. The van der Waals surface area contributed by atoms with Gasteiger partial charge >= 0.3 is 0 Å². The maximum absolute atomic E-state index is 13.0. The van der Waals surface area contributed by atoms with E-state index in [1.165, 1.54) is 30.6 Å². The number of hydrogen-bond acceptors (Lipinski definition) is 6. The van der Waals surface area contributed by atoms with Crippen molar-refractivity contribution in [3.63, 3.8) is 0 Å². The van der Waals surface area contributed by atoms with Gasteiger partial charge in [-0.05, 0) is 25.0 Å². The van der Waals surface area contributed by atoms with Gasteiger partial charge in [0.2, 0.25) is 11.0 Å². The van der Waals surface area contributed by atoms with Crippen LogP contribution in [-0.4, -0.2) is 40.3 Å². The Bertz CT molecular complexity index is 770. The Morgan fingerprint density at radius 2 is 2.08 bits per heavy atom. The van der Waals surface area contributed by atoms with Crippen LogP contribution in [0.25, 0.3) is 0 Å². The smallest absolute Gasteiger partial charge is 0.232 e. The van der Waals surface area contributed by atoms with E-state index in [9.17, 15) is 9.18 Å². The van der Waals surface area contributed by atoms with Gasteiger partial charge in [-0.2, -0.15) is 0 Å². The lowest BCUT2D eigenvalue weighted by Gasteiger charge is -2.36. The average Bonchev–Trinajstić information content (AvgIpc) is 3.08. The van der Waals surface area contributed by atoms with E-state index in [0.717, 1.165) is 23.5 Å². The van der Waals surface area contributed by atoms with Crippen molar-refractivity contribution in [2.75, 3.05) is 23.3 Å². The summed E-state index contributed by atoms with van der Waals surface area (Å²) in [7, 11) is 0. The second-order valence-corrected chi connectivity index (χ2v) is 8.02. The number of aromatic nitrogens is 3. The summed E-state index contributed by atoms with van der Waals surface area (Å²) in [5.41, 5.74) is 1.58. The molecule has 6 nitrogen and oxygen atoms in total. The first-order valence-electron chi connectivity index (χ1n) is 9.14. The molecule has 3 heterocycles. The first kappa shape index (κ1) is 17.3. The number of carbonyl (C=O) groups is 1. The standard InChI is InChI=1S/C18H22FN5OS/c19-13-10-24(11-13)15-6-7-20-14(8-15)9-16(25)21-18-23-22-17(26-18)12-4-2-1-3-5-12/h6-8,12-13H,1-5,9-11H2,(H,21,23,25). The van der Waals surface area contributed by atoms with Crippen molar-refractivity contribution in [3.05, 3.63) is 29.0 Å². The largest absolute Gasteiger partial charge is 0.365 e. The molecule has 1 N–H and O–H groups in total. The summed E-state index contributed by atoms with van der Waals surface area (Å²) < 4.78 is 13.0. The molecule has 0 bridgehead atoms. The van der Waals surface area contributed by atoms with Crippen LogP contribution in [0.5, 0.6) is 0 Å². The Labute approximate surface area is 155 Å². The molecule has 1 amide bonds. The maximum Gasteiger partial charge on any atom is 0.232 e. The number of hydrogen-bond donors (Lipinski definition) is 1. The number of nitrogens with zero attached hydrogens (tertiary/aromatic N) is 4. The third kappa shape index (κ3) is 4.00. The van der Waals surface area contributed by atoms with Gasteiger partial charge in [0.25, 0.3) is 0 Å². The third-order valence-corrected chi connectivity index (χ3v) is 5.99. The van der Waals surface area contributed by atoms with Crippen LogP contribution in [0.3, 0.4) is 0 Å². The zero-order valence-electron chi connectivity index (χ0n) is 14.5. The molecule has 2 aromatic rings. The minimum Gasteiger partial charge on any atom is -0.365 e. The SMILES string of the molecule is O=C(Cc1cc(N2CC(F)C2)ccn1)Nc1nnc(C2CCCCC2)s1. The number of alkyl halides is 1. The van der Waals surface area contributed by atoms with Gasteiger partial charge in [-0.15, -0.1) is 10.2 Å². The molecule has 0 aromatic carbocycles. The van der Waals surface area contributed by atoms with Gasteiger partial charge in [0.05, 0.1) is 25.2 Å². The Kier molecular flexibility index (Phi) is 5.10. The Hall–Kier alpha value is -2.09. The van der Waals surface area contributed by atoms with E-state index in [4.69, 9.17) is 0 Å². The number of nitrogens with one attached hydrogen (secondary N) is 1. The molecule has 1 aliphatic heterocycles. The van der Waals surface area contributed by atoms with Crippen LogP contribution in [0.15, 0.2) is 18.3 Å². The van der Waals surface area contributed by atoms with Crippen molar-refractivity contribution in [1.82, 2.24) is 15.2 Å². The summed E-state index contributed by atoms with van der Waals surface area (Å²) in [4.78, 5) is 18.5. The first-order valence-corrected chi connectivity index (χ1v) is 9.96. The minimum absolute atomic E-state index is 0.159. The van der Waals surface area contributed by atoms with E-state index in [1.807, 2.05) is 17.0 Å². The Morgan fingerprint density at radius 1 is 1.27 bits per heavy atom. The van der Waals surface area contributed by atoms with E-state index >= 15 is 0 Å². The lowest BCUT2D eigenvalue weighted by molar-refractivity contribution is -0.115. The van der Waals surface area contributed by atoms with E-state index in [0.29, 0.717) is 29.8 Å². The number of anilines is 2. The number of carbonyl (C=O) groups excluding carboxylic acids is 1. The molecule has 138 valence electrons. The van der Waals surface area contributed by atoms with E-state index < -0.39 is 6.17 Å². The molecule has 0 atom stereocenters. The molecule has 1 aliphatic carbocycles. The molecule has 2 aromatic heterocycles. The predicted octanol–water partition coefficient (Wildman–Crippen LogP) is 3.32. The molecular formula is C18H22FN5OS. The van der Waals surface area contributed by atoms with Gasteiger partial charge in [-0.1, -0.05) is 30.6 Å². The van der Waals surface area contributed by atoms with Crippen LogP contribution < -0.4 is 10.2 Å². The first-order chi connectivity index (χ1) is 12.7. The van der Waals surface area contributed by atoms with E-state index in [2.05, 4.69) is 20.5 Å². The average molecular weight is 375 g/mol. The molecule has 0 spiro atoms. The van der Waals surface area contributed by atoms with Gasteiger partial charge in [-0.25, -0.2) is 4.39 Å². The zero-order valence-corrected chi connectivity index (χ0v) is 15.3. The minimum atomic E-state index is -0.759. The summed E-state index contributed by atoms with van der Waals surface area (Å²) in [6.07, 6.45) is 7.18. The maximum atomic E-state index is 13.0. The van der Waals surface area contributed by atoms with Crippen molar-refractivity contribution in [3.8, 4) is 0 Å². The molecular weight excluding hydrogens is 353 g/mol. The molecule has 1 saturated heterocycles. The highest BCUT2D eigenvalue weighted by molar-refractivity contribution is 7.15. The molecule has 26 heavy (non-hydrogen) atoms. The lowest BCUT2D eigenvalue weighted by Crippen LogP contribution is -2.48. The van der Waals surface area contributed by atoms with Crippen LogP contribution in [0.4, 0.5) is 15.2 Å². The molecule has 2 fully saturated rings. The molecule has 2 aliphatic rings. The lowest BCUT2D eigenvalue weighted by atomic mass is 9.90. The highest BCUT2D eigenvalue weighted by Gasteiger charge is 2.26. The Morgan fingerprint density at radius 3 is 2.85 bits per heavy atom. The van der Waals surface area contributed by atoms with Crippen LogP contribution in [0.1, 0.15) is 48.7 Å². The van der Waals surface area contributed by atoms with Crippen LogP contribution in [-0.2, 0) is 11.2 Å². The van der Waals surface area contributed by atoms with Crippen molar-refractivity contribution >= 4 is 28.1 Å². The van der Waals surface area contributed by atoms with E-state index in [1.54, 1.807) is 6.20 Å². The highest BCUT2D eigenvalue weighted by atomic mass is 32.1. The van der Waals surface area contributed by atoms with Crippen molar-refractivity contribution in [1.29, 1.82) is 0 Å². The second kappa shape index (κ2) is 7.65. The summed E-state index contributed by atoms with van der Waals surface area (Å²) >= 11 is 1.47. The molecule has 8 heteroatoms. The molecule has 0 radical (unpaired) electrons. The fourth-order valence-corrected chi connectivity index (χ4v) is 4.45. The van der Waals surface area contributed by atoms with E-state index in [-0.39, 0.29) is 12.3 Å². The fraction of sp³-hybridized carbons (Fsp3) is 0.556. The molecule has 0 unspecified atom stereocenters. The summed E-state index contributed by atoms with van der Waals surface area (Å²) in [5, 5.41) is 12.8.